The van der Waals surface area contributed by atoms with Crippen molar-refractivity contribution in [2.75, 3.05) is 0 Å². The van der Waals surface area contributed by atoms with Crippen LogP contribution in [0, 0.1) is 27.7 Å². The van der Waals surface area contributed by atoms with Crippen LogP contribution in [0.1, 0.15) is 47.9 Å². The van der Waals surface area contributed by atoms with Gasteiger partial charge in [0.15, 0.2) is 0 Å². The standard InChI is InChI=1S/C33H31NOS/c1-18-10-8-11-19(2)31(18)26-17-34-28(16-27(26)33(5,6)7)23-13-9-12-22-25-15-30-24(20(3)21(4)36-30)14-29(25)35-32(22)23/h8-17H,1-7H3. The predicted octanol–water partition coefficient (Wildman–Crippen LogP) is 10.1. The summed E-state index contributed by atoms with van der Waals surface area (Å²) in [5.41, 5.74) is 11.5. The summed E-state index contributed by atoms with van der Waals surface area (Å²) >= 11 is 1.86. The summed E-state index contributed by atoms with van der Waals surface area (Å²) in [5.74, 6) is 0. The van der Waals surface area contributed by atoms with Crippen molar-refractivity contribution in [3.8, 4) is 22.4 Å². The SMILES string of the molecule is Cc1cccc(C)c1-c1cnc(-c2cccc3c2oc2cc4c(C)c(C)sc4cc23)cc1C(C)(C)C. The van der Waals surface area contributed by atoms with Gasteiger partial charge in [-0.1, -0.05) is 51.1 Å². The molecule has 0 saturated heterocycles. The molecule has 0 amide bonds. The van der Waals surface area contributed by atoms with Crippen molar-refractivity contribution in [1.29, 1.82) is 0 Å². The first-order valence-corrected chi connectivity index (χ1v) is 13.4. The van der Waals surface area contributed by atoms with Gasteiger partial charge < -0.3 is 4.42 Å². The molecule has 0 unspecified atom stereocenters. The Hall–Kier alpha value is -3.43. The number of fused-ring (bicyclic) bond motifs is 4. The van der Waals surface area contributed by atoms with Gasteiger partial charge in [-0.15, -0.1) is 11.3 Å². The number of hydrogen-bond acceptors (Lipinski definition) is 3. The van der Waals surface area contributed by atoms with Crippen LogP contribution >= 0.6 is 11.3 Å². The Kier molecular flexibility index (Phi) is 5.14. The van der Waals surface area contributed by atoms with Crippen LogP contribution in [0.5, 0.6) is 0 Å². The van der Waals surface area contributed by atoms with E-state index in [0.29, 0.717) is 0 Å². The van der Waals surface area contributed by atoms with Crippen LogP contribution in [0.15, 0.2) is 65.2 Å². The quantitative estimate of drug-likeness (QED) is 0.242. The third-order valence-electron chi connectivity index (χ3n) is 7.53. The molecule has 2 nitrogen and oxygen atoms in total. The van der Waals surface area contributed by atoms with Gasteiger partial charge in [0.2, 0.25) is 0 Å². The maximum absolute atomic E-state index is 6.55. The van der Waals surface area contributed by atoms with Gasteiger partial charge in [0.25, 0.3) is 0 Å². The second kappa shape index (κ2) is 8.04. The maximum Gasteiger partial charge on any atom is 0.144 e. The Morgan fingerprint density at radius 2 is 1.50 bits per heavy atom. The molecule has 6 aromatic rings. The highest BCUT2D eigenvalue weighted by Crippen LogP contribution is 2.42. The van der Waals surface area contributed by atoms with Crippen molar-refractivity contribution in [2.24, 2.45) is 0 Å². The molecule has 3 heteroatoms. The van der Waals surface area contributed by atoms with E-state index < -0.39 is 0 Å². The van der Waals surface area contributed by atoms with E-state index in [1.54, 1.807) is 0 Å². The molecule has 0 spiro atoms. The lowest BCUT2D eigenvalue weighted by atomic mass is 9.80. The summed E-state index contributed by atoms with van der Waals surface area (Å²) in [6.07, 6.45) is 2.06. The van der Waals surface area contributed by atoms with Crippen LogP contribution in [0.4, 0.5) is 0 Å². The van der Waals surface area contributed by atoms with Crippen LogP contribution in [-0.2, 0) is 5.41 Å². The number of furan rings is 1. The van der Waals surface area contributed by atoms with Gasteiger partial charge in [-0.2, -0.15) is 0 Å². The first kappa shape index (κ1) is 23.0. The van der Waals surface area contributed by atoms with E-state index in [0.717, 1.165) is 27.8 Å². The molecule has 180 valence electrons. The summed E-state index contributed by atoms with van der Waals surface area (Å²) in [4.78, 5) is 6.38. The number of benzene rings is 3. The van der Waals surface area contributed by atoms with E-state index in [1.807, 2.05) is 11.3 Å². The van der Waals surface area contributed by atoms with Crippen molar-refractivity contribution in [1.82, 2.24) is 4.98 Å². The van der Waals surface area contributed by atoms with Crippen molar-refractivity contribution < 1.29 is 4.42 Å². The van der Waals surface area contributed by atoms with Crippen molar-refractivity contribution in [3.05, 3.63) is 87.9 Å². The zero-order valence-corrected chi connectivity index (χ0v) is 22.9. The average Bonchev–Trinajstić information content (AvgIpc) is 3.33. The number of rotatable bonds is 2. The molecule has 0 fully saturated rings. The lowest BCUT2D eigenvalue weighted by Gasteiger charge is -2.25. The minimum absolute atomic E-state index is 0.0384. The lowest BCUT2D eigenvalue weighted by Crippen LogP contribution is -2.14. The van der Waals surface area contributed by atoms with Crippen LogP contribution in [-0.4, -0.2) is 4.98 Å². The third kappa shape index (κ3) is 3.49. The number of para-hydroxylation sites is 1. The minimum Gasteiger partial charge on any atom is -0.455 e. The van der Waals surface area contributed by atoms with Gasteiger partial charge in [0.05, 0.1) is 5.69 Å². The molecule has 6 rings (SSSR count). The molecule has 0 radical (unpaired) electrons. The normalized spacial score (nSPS) is 12.3. The molecule has 0 aliphatic carbocycles. The Morgan fingerprint density at radius 1 is 0.778 bits per heavy atom. The highest BCUT2D eigenvalue weighted by molar-refractivity contribution is 7.19. The molecule has 3 heterocycles. The molecule has 0 bridgehead atoms. The largest absolute Gasteiger partial charge is 0.455 e. The van der Waals surface area contributed by atoms with E-state index >= 15 is 0 Å². The topological polar surface area (TPSA) is 26.0 Å². The van der Waals surface area contributed by atoms with E-state index in [-0.39, 0.29) is 5.41 Å². The number of aryl methyl sites for hydroxylation is 4. The third-order valence-corrected chi connectivity index (χ3v) is 8.70. The van der Waals surface area contributed by atoms with E-state index in [4.69, 9.17) is 9.40 Å². The summed E-state index contributed by atoms with van der Waals surface area (Å²) in [6, 6.07) is 19.7. The Bertz CT molecular complexity index is 1790. The minimum atomic E-state index is -0.0384. The Morgan fingerprint density at radius 3 is 2.22 bits per heavy atom. The van der Waals surface area contributed by atoms with Crippen molar-refractivity contribution in [3.63, 3.8) is 0 Å². The molecule has 0 aliphatic rings. The zero-order chi connectivity index (χ0) is 25.4. The smallest absolute Gasteiger partial charge is 0.144 e. The van der Waals surface area contributed by atoms with Crippen LogP contribution in [0.3, 0.4) is 0 Å². The van der Waals surface area contributed by atoms with Gasteiger partial charge in [0, 0.05) is 37.7 Å². The lowest BCUT2D eigenvalue weighted by molar-refractivity contribution is 0.591. The number of pyridine rings is 1. The molecule has 3 aromatic carbocycles. The molecular formula is C33H31NOS. The Labute approximate surface area is 216 Å². The first-order chi connectivity index (χ1) is 17.1. The second-order valence-electron chi connectivity index (χ2n) is 11.0. The summed E-state index contributed by atoms with van der Waals surface area (Å²) in [7, 11) is 0. The predicted molar refractivity (Wildman–Crippen MR) is 155 cm³/mol. The molecule has 36 heavy (non-hydrogen) atoms. The Balaban J connectivity index is 1.60. The van der Waals surface area contributed by atoms with Gasteiger partial charge in [-0.05, 0) is 90.6 Å². The van der Waals surface area contributed by atoms with Gasteiger partial charge in [-0.25, -0.2) is 0 Å². The fourth-order valence-electron chi connectivity index (χ4n) is 5.50. The van der Waals surface area contributed by atoms with Crippen molar-refractivity contribution >= 4 is 43.4 Å². The monoisotopic (exact) mass is 489 g/mol. The molecule has 0 saturated carbocycles. The summed E-state index contributed by atoms with van der Waals surface area (Å²) in [6.45, 7) is 15.6. The van der Waals surface area contributed by atoms with Gasteiger partial charge >= 0.3 is 0 Å². The summed E-state index contributed by atoms with van der Waals surface area (Å²) < 4.78 is 7.87. The number of aromatic nitrogens is 1. The molecule has 3 aromatic heterocycles. The number of nitrogens with zero attached hydrogens (tertiary/aromatic N) is 1. The number of hydrogen-bond donors (Lipinski definition) is 0. The maximum atomic E-state index is 6.55. The van der Waals surface area contributed by atoms with Crippen LogP contribution in [0.25, 0.3) is 54.4 Å². The van der Waals surface area contributed by atoms with Crippen molar-refractivity contribution in [2.45, 2.75) is 53.9 Å². The van der Waals surface area contributed by atoms with Crippen LogP contribution in [0.2, 0.25) is 0 Å². The first-order valence-electron chi connectivity index (χ1n) is 12.6. The van der Waals surface area contributed by atoms with E-state index in [9.17, 15) is 0 Å². The zero-order valence-electron chi connectivity index (χ0n) is 22.0. The van der Waals surface area contributed by atoms with Gasteiger partial charge in [0.1, 0.15) is 11.2 Å². The van der Waals surface area contributed by atoms with E-state index in [2.05, 4.69) is 109 Å². The van der Waals surface area contributed by atoms with Crippen LogP contribution < -0.4 is 0 Å². The van der Waals surface area contributed by atoms with Gasteiger partial charge in [-0.3, -0.25) is 4.98 Å². The van der Waals surface area contributed by atoms with E-state index in [1.165, 1.54) is 53.7 Å². The molecule has 0 aliphatic heterocycles. The molecule has 0 atom stereocenters. The average molecular weight is 490 g/mol. The highest BCUT2D eigenvalue weighted by Gasteiger charge is 2.23. The fraction of sp³-hybridized carbons (Fsp3) is 0.242. The second-order valence-corrected chi connectivity index (χ2v) is 12.3. The highest BCUT2D eigenvalue weighted by atomic mass is 32.1. The molecule has 0 N–H and O–H groups in total. The summed E-state index contributed by atoms with van der Waals surface area (Å²) in [5, 5.41) is 3.60. The molecular weight excluding hydrogens is 458 g/mol. The number of thiophene rings is 1. The fourth-order valence-corrected chi connectivity index (χ4v) is 6.59.